The second-order valence-corrected chi connectivity index (χ2v) is 5.17. The normalized spacial score (nSPS) is 10.2. The van der Waals surface area contributed by atoms with Crippen molar-refractivity contribution in [2.75, 3.05) is 5.32 Å². The first kappa shape index (κ1) is 13.3. The van der Waals surface area contributed by atoms with Gasteiger partial charge in [-0.2, -0.15) is 0 Å². The maximum absolute atomic E-state index is 12.0. The molecule has 0 bridgehead atoms. The van der Waals surface area contributed by atoms with Crippen molar-refractivity contribution in [2.24, 2.45) is 0 Å². The van der Waals surface area contributed by atoms with Crippen LogP contribution in [0.4, 0.5) is 5.82 Å². The highest BCUT2D eigenvalue weighted by Crippen LogP contribution is 2.22. The van der Waals surface area contributed by atoms with E-state index in [9.17, 15) is 4.79 Å². The third-order valence-electron chi connectivity index (χ3n) is 2.12. The second kappa shape index (κ2) is 5.69. The summed E-state index contributed by atoms with van der Waals surface area (Å²) in [6.07, 6.45) is 1.59. The highest BCUT2D eigenvalue weighted by Gasteiger charge is 2.10. The maximum Gasteiger partial charge on any atom is 0.256 e. The summed E-state index contributed by atoms with van der Waals surface area (Å²) in [5.74, 6) is 0.123. The van der Waals surface area contributed by atoms with Crippen molar-refractivity contribution in [3.8, 4) is 0 Å². The average molecular weight is 346 g/mol. The summed E-state index contributed by atoms with van der Waals surface area (Å²) in [7, 11) is 0. The summed E-state index contributed by atoms with van der Waals surface area (Å²) in [5, 5.41) is 3.49. The largest absolute Gasteiger partial charge is 0.306 e. The first-order chi connectivity index (χ1) is 8.56. The molecule has 2 aromatic rings. The number of hydrogen-bond donors (Lipinski definition) is 1. The molecule has 3 nitrogen and oxygen atoms in total. The van der Waals surface area contributed by atoms with E-state index in [1.807, 2.05) is 0 Å². The Balaban J connectivity index is 2.25. The topological polar surface area (TPSA) is 42.0 Å². The molecule has 2 rings (SSSR count). The average Bonchev–Trinajstić information content (AvgIpc) is 2.31. The SMILES string of the molecule is O=C(Nc1ncccc1Br)c1cc(Cl)cc(Cl)c1. The standard InChI is InChI=1S/C12H7BrCl2N2O/c13-10-2-1-3-16-11(10)17-12(18)7-4-8(14)6-9(15)5-7/h1-6H,(H,16,17,18). The Morgan fingerprint density at radius 1 is 1.22 bits per heavy atom. The lowest BCUT2D eigenvalue weighted by Crippen LogP contribution is -2.13. The molecule has 1 amide bonds. The van der Waals surface area contributed by atoms with Crippen LogP contribution in [0.25, 0.3) is 0 Å². The van der Waals surface area contributed by atoms with Crippen LogP contribution in [0, 0.1) is 0 Å². The van der Waals surface area contributed by atoms with E-state index in [0.717, 1.165) is 0 Å². The number of benzene rings is 1. The number of nitrogens with one attached hydrogen (secondary N) is 1. The summed E-state index contributed by atoms with van der Waals surface area (Å²) in [5.41, 5.74) is 0.380. The molecule has 0 radical (unpaired) electrons. The number of nitrogens with zero attached hydrogens (tertiary/aromatic N) is 1. The van der Waals surface area contributed by atoms with E-state index in [0.29, 0.717) is 25.9 Å². The highest BCUT2D eigenvalue weighted by atomic mass is 79.9. The predicted molar refractivity (Wildman–Crippen MR) is 76.4 cm³/mol. The van der Waals surface area contributed by atoms with E-state index in [1.54, 1.807) is 36.5 Å². The van der Waals surface area contributed by atoms with E-state index < -0.39 is 0 Å². The molecule has 0 saturated heterocycles. The molecule has 0 aliphatic heterocycles. The Labute approximate surface area is 122 Å². The van der Waals surface area contributed by atoms with Gasteiger partial charge in [0.1, 0.15) is 5.82 Å². The number of pyridine rings is 1. The molecule has 92 valence electrons. The lowest BCUT2D eigenvalue weighted by Gasteiger charge is -2.06. The van der Waals surface area contributed by atoms with E-state index in [1.165, 1.54) is 0 Å². The fourth-order valence-electron chi connectivity index (χ4n) is 1.34. The fraction of sp³-hybridized carbons (Fsp3) is 0. The van der Waals surface area contributed by atoms with Gasteiger partial charge in [-0.3, -0.25) is 4.79 Å². The second-order valence-electron chi connectivity index (χ2n) is 3.45. The molecule has 18 heavy (non-hydrogen) atoms. The maximum atomic E-state index is 12.0. The van der Waals surface area contributed by atoms with Crippen LogP contribution in [0.3, 0.4) is 0 Å². The van der Waals surface area contributed by atoms with Crippen molar-refractivity contribution in [2.45, 2.75) is 0 Å². The number of aromatic nitrogens is 1. The van der Waals surface area contributed by atoms with Gasteiger partial charge in [0.2, 0.25) is 0 Å². The van der Waals surface area contributed by atoms with E-state index in [4.69, 9.17) is 23.2 Å². The molecule has 0 saturated carbocycles. The Hall–Kier alpha value is -1.10. The summed E-state index contributed by atoms with van der Waals surface area (Å²) >= 11 is 15.0. The van der Waals surface area contributed by atoms with Crippen LogP contribution < -0.4 is 5.32 Å². The third-order valence-corrected chi connectivity index (χ3v) is 3.19. The minimum atomic E-state index is -0.321. The highest BCUT2D eigenvalue weighted by molar-refractivity contribution is 9.10. The van der Waals surface area contributed by atoms with Crippen molar-refractivity contribution >= 4 is 50.9 Å². The van der Waals surface area contributed by atoms with Gasteiger partial charge in [-0.15, -0.1) is 0 Å². The smallest absolute Gasteiger partial charge is 0.256 e. The van der Waals surface area contributed by atoms with Gasteiger partial charge in [0.05, 0.1) is 4.47 Å². The minimum absolute atomic E-state index is 0.321. The number of halogens is 3. The molecule has 0 spiro atoms. The summed E-state index contributed by atoms with van der Waals surface area (Å²) in [6, 6.07) is 8.19. The number of amides is 1. The van der Waals surface area contributed by atoms with E-state index in [2.05, 4.69) is 26.2 Å². The molecule has 1 heterocycles. The van der Waals surface area contributed by atoms with Crippen LogP contribution in [0.5, 0.6) is 0 Å². The number of rotatable bonds is 2. The van der Waals surface area contributed by atoms with E-state index in [-0.39, 0.29) is 5.91 Å². The van der Waals surface area contributed by atoms with Gasteiger partial charge in [-0.05, 0) is 46.3 Å². The Morgan fingerprint density at radius 2 is 1.89 bits per heavy atom. The molecule has 1 aromatic heterocycles. The Kier molecular flexibility index (Phi) is 4.22. The van der Waals surface area contributed by atoms with Gasteiger partial charge in [0.25, 0.3) is 5.91 Å². The fourth-order valence-corrected chi connectivity index (χ4v) is 2.22. The Bertz CT molecular complexity index is 584. The molecule has 0 aliphatic rings. The van der Waals surface area contributed by atoms with Gasteiger partial charge in [0.15, 0.2) is 0 Å². The van der Waals surface area contributed by atoms with Gasteiger partial charge in [0, 0.05) is 21.8 Å². The summed E-state index contributed by atoms with van der Waals surface area (Å²) < 4.78 is 0.700. The third kappa shape index (κ3) is 3.22. The van der Waals surface area contributed by atoms with Crippen molar-refractivity contribution in [1.82, 2.24) is 4.98 Å². The first-order valence-corrected chi connectivity index (χ1v) is 6.49. The minimum Gasteiger partial charge on any atom is -0.306 e. The van der Waals surface area contributed by atoms with Gasteiger partial charge in [-0.25, -0.2) is 4.98 Å². The van der Waals surface area contributed by atoms with Crippen molar-refractivity contribution in [3.63, 3.8) is 0 Å². The molecule has 1 aromatic carbocycles. The summed E-state index contributed by atoms with van der Waals surface area (Å²) in [6.45, 7) is 0. The number of hydrogen-bond acceptors (Lipinski definition) is 2. The summed E-state index contributed by atoms with van der Waals surface area (Å²) in [4.78, 5) is 16.0. The quantitative estimate of drug-likeness (QED) is 0.876. The van der Waals surface area contributed by atoms with Crippen LogP contribution >= 0.6 is 39.1 Å². The zero-order valence-electron chi connectivity index (χ0n) is 8.95. The number of carbonyl (C=O) groups is 1. The predicted octanol–water partition coefficient (Wildman–Crippen LogP) is 4.40. The van der Waals surface area contributed by atoms with Crippen LogP contribution in [0.2, 0.25) is 10.0 Å². The molecule has 0 fully saturated rings. The van der Waals surface area contributed by atoms with Crippen LogP contribution in [0.15, 0.2) is 41.0 Å². The Morgan fingerprint density at radius 3 is 2.50 bits per heavy atom. The van der Waals surface area contributed by atoms with Crippen LogP contribution in [-0.2, 0) is 0 Å². The van der Waals surface area contributed by atoms with Crippen LogP contribution in [-0.4, -0.2) is 10.9 Å². The molecular formula is C12H7BrCl2N2O. The lowest BCUT2D eigenvalue weighted by molar-refractivity contribution is 0.102. The van der Waals surface area contributed by atoms with Gasteiger partial charge < -0.3 is 5.32 Å². The first-order valence-electron chi connectivity index (χ1n) is 4.94. The zero-order valence-corrected chi connectivity index (χ0v) is 12.1. The zero-order chi connectivity index (χ0) is 13.1. The lowest BCUT2D eigenvalue weighted by atomic mass is 10.2. The van der Waals surface area contributed by atoms with Crippen molar-refractivity contribution in [3.05, 3.63) is 56.6 Å². The van der Waals surface area contributed by atoms with Crippen molar-refractivity contribution in [1.29, 1.82) is 0 Å². The molecule has 1 N–H and O–H groups in total. The molecule has 0 aliphatic carbocycles. The van der Waals surface area contributed by atoms with Gasteiger partial charge in [-0.1, -0.05) is 23.2 Å². The van der Waals surface area contributed by atoms with Gasteiger partial charge >= 0.3 is 0 Å². The molecular weight excluding hydrogens is 339 g/mol. The molecule has 0 unspecified atom stereocenters. The number of anilines is 1. The van der Waals surface area contributed by atoms with Crippen LogP contribution in [0.1, 0.15) is 10.4 Å². The monoisotopic (exact) mass is 344 g/mol. The van der Waals surface area contributed by atoms with E-state index >= 15 is 0 Å². The molecule has 6 heteroatoms. The van der Waals surface area contributed by atoms with Crippen molar-refractivity contribution < 1.29 is 4.79 Å². The number of carbonyl (C=O) groups excluding carboxylic acids is 1. The molecule has 0 atom stereocenters.